The summed E-state index contributed by atoms with van der Waals surface area (Å²) in [5.74, 6) is 2.50. The van der Waals surface area contributed by atoms with E-state index in [9.17, 15) is 0 Å². The third kappa shape index (κ3) is 3.16. The number of likely N-dealkylation sites (N-methyl/N-ethyl adjacent to an activating group) is 1. The van der Waals surface area contributed by atoms with Gasteiger partial charge in [0.05, 0.1) is 0 Å². The molecule has 1 N–H and O–H groups in total. The molecule has 16 heavy (non-hydrogen) atoms. The molecule has 2 rings (SSSR count). The molecule has 1 unspecified atom stereocenters. The molecule has 0 aliphatic carbocycles. The molecule has 1 aromatic carbocycles. The SMILES string of the molecule is CCN(CC1CSCCN1)c1ccccc1. The van der Waals surface area contributed by atoms with Gasteiger partial charge in [-0.1, -0.05) is 18.2 Å². The minimum absolute atomic E-state index is 0.638. The van der Waals surface area contributed by atoms with E-state index in [1.54, 1.807) is 0 Å². The standard InChI is InChI=1S/C13H20N2S/c1-2-15(13-6-4-3-5-7-13)10-12-11-16-9-8-14-12/h3-7,12,14H,2,8-11H2,1H3. The smallest absolute Gasteiger partial charge is 0.0366 e. The van der Waals surface area contributed by atoms with Crippen LogP contribution in [0.4, 0.5) is 5.69 Å². The van der Waals surface area contributed by atoms with Crippen LogP contribution in [0.2, 0.25) is 0 Å². The molecule has 1 fully saturated rings. The second-order valence-corrected chi connectivity index (χ2v) is 5.25. The van der Waals surface area contributed by atoms with Gasteiger partial charge in [0.25, 0.3) is 0 Å². The number of nitrogens with one attached hydrogen (secondary N) is 1. The van der Waals surface area contributed by atoms with E-state index < -0.39 is 0 Å². The maximum atomic E-state index is 3.59. The summed E-state index contributed by atoms with van der Waals surface area (Å²) in [5, 5.41) is 3.59. The fourth-order valence-corrected chi connectivity index (χ4v) is 3.00. The number of benzene rings is 1. The monoisotopic (exact) mass is 236 g/mol. The highest BCUT2D eigenvalue weighted by Crippen LogP contribution is 2.15. The maximum Gasteiger partial charge on any atom is 0.0366 e. The molecule has 1 aromatic rings. The molecule has 0 bridgehead atoms. The van der Waals surface area contributed by atoms with E-state index in [4.69, 9.17) is 0 Å². The van der Waals surface area contributed by atoms with Gasteiger partial charge < -0.3 is 10.2 Å². The molecule has 1 heterocycles. The summed E-state index contributed by atoms with van der Waals surface area (Å²) in [6, 6.07) is 11.3. The van der Waals surface area contributed by atoms with Gasteiger partial charge in [0, 0.05) is 42.9 Å². The van der Waals surface area contributed by atoms with E-state index in [1.807, 2.05) is 0 Å². The molecule has 0 amide bonds. The molecule has 1 saturated heterocycles. The fourth-order valence-electron chi connectivity index (χ4n) is 2.06. The average Bonchev–Trinajstić information content (AvgIpc) is 2.38. The highest BCUT2D eigenvalue weighted by atomic mass is 32.2. The van der Waals surface area contributed by atoms with Gasteiger partial charge in [0.2, 0.25) is 0 Å². The van der Waals surface area contributed by atoms with Crippen molar-refractivity contribution in [3.63, 3.8) is 0 Å². The van der Waals surface area contributed by atoms with E-state index in [0.717, 1.165) is 19.6 Å². The van der Waals surface area contributed by atoms with Crippen LogP contribution in [0.15, 0.2) is 30.3 Å². The Morgan fingerprint density at radius 2 is 2.19 bits per heavy atom. The lowest BCUT2D eigenvalue weighted by Crippen LogP contribution is -2.46. The first-order valence-corrected chi connectivity index (χ1v) is 7.16. The Morgan fingerprint density at radius 3 is 2.81 bits per heavy atom. The van der Waals surface area contributed by atoms with Crippen LogP contribution in [0.1, 0.15) is 6.92 Å². The summed E-state index contributed by atoms with van der Waals surface area (Å²) in [6.07, 6.45) is 0. The van der Waals surface area contributed by atoms with Crippen LogP contribution in [0.5, 0.6) is 0 Å². The molecular formula is C13H20N2S. The molecule has 0 aromatic heterocycles. The number of anilines is 1. The quantitative estimate of drug-likeness (QED) is 0.863. The number of nitrogens with zero attached hydrogens (tertiary/aromatic N) is 1. The number of hydrogen-bond acceptors (Lipinski definition) is 3. The Labute approximate surface area is 102 Å². The van der Waals surface area contributed by atoms with Crippen molar-refractivity contribution in [1.29, 1.82) is 0 Å². The zero-order valence-corrected chi connectivity index (χ0v) is 10.7. The zero-order chi connectivity index (χ0) is 11.2. The molecule has 1 aliphatic rings. The van der Waals surface area contributed by atoms with Crippen LogP contribution in [0.3, 0.4) is 0 Å². The Morgan fingerprint density at radius 1 is 1.38 bits per heavy atom. The van der Waals surface area contributed by atoms with E-state index >= 15 is 0 Å². The van der Waals surface area contributed by atoms with E-state index in [0.29, 0.717) is 6.04 Å². The predicted octanol–water partition coefficient (Wildman–Crippen LogP) is 2.22. The summed E-state index contributed by atoms with van der Waals surface area (Å²) < 4.78 is 0. The van der Waals surface area contributed by atoms with Gasteiger partial charge in [-0.15, -0.1) is 0 Å². The van der Waals surface area contributed by atoms with Crippen LogP contribution in [0.25, 0.3) is 0 Å². The minimum Gasteiger partial charge on any atom is -0.370 e. The molecule has 88 valence electrons. The Hall–Kier alpha value is -0.670. The number of para-hydroxylation sites is 1. The molecule has 2 nitrogen and oxygen atoms in total. The average molecular weight is 236 g/mol. The Kier molecular flexibility index (Phi) is 4.55. The van der Waals surface area contributed by atoms with Crippen molar-refractivity contribution in [2.24, 2.45) is 0 Å². The van der Waals surface area contributed by atoms with Crippen molar-refractivity contribution in [3.8, 4) is 0 Å². The van der Waals surface area contributed by atoms with Crippen LogP contribution >= 0.6 is 11.8 Å². The third-order valence-electron chi connectivity index (χ3n) is 2.94. The molecular weight excluding hydrogens is 216 g/mol. The molecule has 0 radical (unpaired) electrons. The van der Waals surface area contributed by atoms with Gasteiger partial charge in [-0.25, -0.2) is 0 Å². The van der Waals surface area contributed by atoms with Crippen molar-refractivity contribution >= 4 is 17.4 Å². The van der Waals surface area contributed by atoms with E-state index in [1.165, 1.54) is 17.2 Å². The normalized spacial score (nSPS) is 20.7. The Balaban J connectivity index is 1.94. The second-order valence-electron chi connectivity index (χ2n) is 4.10. The highest BCUT2D eigenvalue weighted by molar-refractivity contribution is 7.99. The van der Waals surface area contributed by atoms with Gasteiger partial charge in [-0.3, -0.25) is 0 Å². The summed E-state index contributed by atoms with van der Waals surface area (Å²) in [5.41, 5.74) is 1.34. The van der Waals surface area contributed by atoms with E-state index in [-0.39, 0.29) is 0 Å². The Bertz CT molecular complexity index is 296. The van der Waals surface area contributed by atoms with Crippen molar-refractivity contribution in [2.75, 3.05) is 36.0 Å². The predicted molar refractivity (Wildman–Crippen MR) is 73.4 cm³/mol. The van der Waals surface area contributed by atoms with Crippen molar-refractivity contribution in [1.82, 2.24) is 5.32 Å². The first-order chi connectivity index (χ1) is 7.90. The molecule has 1 atom stereocenters. The second kappa shape index (κ2) is 6.16. The lowest BCUT2D eigenvalue weighted by molar-refractivity contribution is 0.553. The third-order valence-corrected chi connectivity index (χ3v) is 4.07. The summed E-state index contributed by atoms with van der Waals surface area (Å²) >= 11 is 2.06. The van der Waals surface area contributed by atoms with Crippen molar-refractivity contribution < 1.29 is 0 Å². The molecule has 0 spiro atoms. The highest BCUT2D eigenvalue weighted by Gasteiger charge is 2.16. The lowest BCUT2D eigenvalue weighted by atomic mass is 10.2. The van der Waals surface area contributed by atoms with Crippen molar-refractivity contribution in [3.05, 3.63) is 30.3 Å². The summed E-state index contributed by atoms with van der Waals surface area (Å²) in [4.78, 5) is 2.45. The van der Waals surface area contributed by atoms with Gasteiger partial charge in [-0.05, 0) is 19.1 Å². The molecule has 3 heteroatoms. The first kappa shape index (κ1) is 11.8. The van der Waals surface area contributed by atoms with Crippen molar-refractivity contribution in [2.45, 2.75) is 13.0 Å². The van der Waals surface area contributed by atoms with Crippen LogP contribution < -0.4 is 10.2 Å². The van der Waals surface area contributed by atoms with Crippen LogP contribution in [0, 0.1) is 0 Å². The van der Waals surface area contributed by atoms with Crippen LogP contribution in [-0.2, 0) is 0 Å². The number of hydrogen-bond donors (Lipinski definition) is 1. The van der Waals surface area contributed by atoms with Gasteiger partial charge >= 0.3 is 0 Å². The fraction of sp³-hybridized carbons (Fsp3) is 0.538. The number of thioether (sulfide) groups is 1. The largest absolute Gasteiger partial charge is 0.370 e. The molecule has 1 aliphatic heterocycles. The lowest BCUT2D eigenvalue weighted by Gasteiger charge is -2.31. The first-order valence-electron chi connectivity index (χ1n) is 6.01. The maximum absolute atomic E-state index is 3.59. The van der Waals surface area contributed by atoms with Gasteiger partial charge in [-0.2, -0.15) is 11.8 Å². The number of rotatable bonds is 4. The van der Waals surface area contributed by atoms with Crippen LogP contribution in [-0.4, -0.2) is 37.2 Å². The van der Waals surface area contributed by atoms with Gasteiger partial charge in [0.15, 0.2) is 0 Å². The summed E-state index contributed by atoms with van der Waals surface area (Å²) in [7, 11) is 0. The van der Waals surface area contributed by atoms with E-state index in [2.05, 4.69) is 59.2 Å². The minimum atomic E-state index is 0.638. The van der Waals surface area contributed by atoms with Gasteiger partial charge in [0.1, 0.15) is 0 Å². The summed E-state index contributed by atoms with van der Waals surface area (Å²) in [6.45, 7) is 5.57. The molecule has 0 saturated carbocycles. The zero-order valence-electron chi connectivity index (χ0n) is 9.86. The topological polar surface area (TPSA) is 15.3 Å².